The molecule has 0 aliphatic carbocycles. The fraction of sp³-hybridized carbons (Fsp3) is 0.455. The Morgan fingerprint density at radius 3 is 2.57 bits per heavy atom. The van der Waals surface area contributed by atoms with E-state index in [4.69, 9.17) is 0 Å². The van der Waals surface area contributed by atoms with Gasteiger partial charge in [0.1, 0.15) is 0 Å². The van der Waals surface area contributed by atoms with Crippen LogP contribution in [-0.2, 0) is 4.79 Å². The van der Waals surface area contributed by atoms with Crippen LogP contribution in [0.25, 0.3) is 0 Å². The lowest BCUT2D eigenvalue weighted by atomic mass is 10.0. The van der Waals surface area contributed by atoms with Gasteiger partial charge in [-0.2, -0.15) is 0 Å². The number of hydrogen-bond acceptors (Lipinski definition) is 4. The Kier molecular flexibility index (Phi) is 7.62. The van der Waals surface area contributed by atoms with E-state index >= 15 is 0 Å². The number of nitrogens with one attached hydrogen (secondary N) is 2. The Labute approximate surface area is 171 Å². The van der Waals surface area contributed by atoms with E-state index in [1.165, 1.54) is 0 Å². The maximum absolute atomic E-state index is 12.9. The van der Waals surface area contributed by atoms with Gasteiger partial charge in [-0.3, -0.25) is 9.59 Å². The molecule has 5 nitrogen and oxygen atoms in total. The molecule has 1 aliphatic heterocycles. The van der Waals surface area contributed by atoms with Crippen LogP contribution in [0.1, 0.15) is 51.8 Å². The molecule has 6 heteroatoms. The molecule has 0 saturated carbocycles. The zero-order chi connectivity index (χ0) is 19.8. The van der Waals surface area contributed by atoms with Crippen LogP contribution < -0.4 is 10.6 Å². The Balaban J connectivity index is 1.66. The van der Waals surface area contributed by atoms with Crippen LogP contribution in [-0.4, -0.2) is 42.9 Å². The summed E-state index contributed by atoms with van der Waals surface area (Å²) in [4.78, 5) is 29.1. The second kappa shape index (κ2) is 10.4. The van der Waals surface area contributed by atoms with Gasteiger partial charge < -0.3 is 15.5 Å². The topological polar surface area (TPSA) is 61.4 Å². The van der Waals surface area contributed by atoms with Crippen molar-refractivity contribution in [3.8, 4) is 0 Å². The van der Waals surface area contributed by atoms with Crippen molar-refractivity contribution in [2.24, 2.45) is 0 Å². The second-order valence-electron chi connectivity index (χ2n) is 7.23. The van der Waals surface area contributed by atoms with Gasteiger partial charge >= 0.3 is 0 Å². The maximum Gasteiger partial charge on any atom is 0.263 e. The van der Waals surface area contributed by atoms with E-state index in [9.17, 15) is 9.59 Å². The molecule has 0 bridgehead atoms. The van der Waals surface area contributed by atoms with Crippen LogP contribution in [0.15, 0.2) is 42.5 Å². The molecule has 0 spiro atoms. The Bertz CT molecular complexity index is 775. The summed E-state index contributed by atoms with van der Waals surface area (Å²) in [5.41, 5.74) is 1.12. The Morgan fingerprint density at radius 1 is 1.04 bits per heavy atom. The smallest absolute Gasteiger partial charge is 0.263 e. The monoisotopic (exact) mass is 399 g/mol. The minimum absolute atomic E-state index is 0.00829. The highest BCUT2D eigenvalue weighted by molar-refractivity contribution is 7.13. The van der Waals surface area contributed by atoms with Gasteiger partial charge in [0.05, 0.1) is 4.88 Å². The van der Waals surface area contributed by atoms with E-state index in [-0.39, 0.29) is 17.9 Å². The summed E-state index contributed by atoms with van der Waals surface area (Å²) in [6.07, 6.45) is 3.07. The molecule has 3 rings (SSSR count). The fourth-order valence-electron chi connectivity index (χ4n) is 3.47. The lowest BCUT2D eigenvalue weighted by Crippen LogP contribution is -2.34. The predicted octanol–water partition coefficient (Wildman–Crippen LogP) is 3.52. The highest BCUT2D eigenvalue weighted by Gasteiger charge is 2.19. The summed E-state index contributed by atoms with van der Waals surface area (Å²) in [6.45, 7) is 4.90. The molecule has 2 N–H and O–H groups in total. The number of carbonyl (C=O) groups excluding carboxylic acids is 2. The number of carbonyl (C=O) groups is 2. The van der Waals surface area contributed by atoms with Gasteiger partial charge in [0.2, 0.25) is 5.91 Å². The Morgan fingerprint density at radius 2 is 1.82 bits per heavy atom. The van der Waals surface area contributed by atoms with Crippen LogP contribution in [0.2, 0.25) is 0 Å². The zero-order valence-corrected chi connectivity index (χ0v) is 17.3. The summed E-state index contributed by atoms with van der Waals surface area (Å²) in [6, 6.07) is 14.0. The van der Waals surface area contributed by atoms with Crippen molar-refractivity contribution in [3.63, 3.8) is 0 Å². The SMILES string of the molecule is Cc1ccc(C(=O)N2CCCCNC(=O)CC(c3ccccc3)NCCC2)s1. The molecule has 1 fully saturated rings. The van der Waals surface area contributed by atoms with Crippen molar-refractivity contribution in [2.75, 3.05) is 26.2 Å². The minimum Gasteiger partial charge on any atom is -0.356 e. The molecule has 0 radical (unpaired) electrons. The van der Waals surface area contributed by atoms with Crippen LogP contribution in [0.4, 0.5) is 0 Å². The zero-order valence-electron chi connectivity index (χ0n) is 16.4. The van der Waals surface area contributed by atoms with Crippen molar-refractivity contribution in [2.45, 2.75) is 38.6 Å². The molecule has 1 saturated heterocycles. The third kappa shape index (κ3) is 5.91. The lowest BCUT2D eigenvalue weighted by molar-refractivity contribution is -0.121. The number of nitrogens with zero attached hydrogens (tertiary/aromatic N) is 1. The van der Waals surface area contributed by atoms with Gasteiger partial charge in [-0.1, -0.05) is 30.3 Å². The van der Waals surface area contributed by atoms with Crippen LogP contribution in [0, 0.1) is 6.92 Å². The second-order valence-corrected chi connectivity index (χ2v) is 8.52. The minimum atomic E-state index is -0.00829. The van der Waals surface area contributed by atoms with E-state index in [2.05, 4.69) is 22.8 Å². The number of aryl methyl sites for hydroxylation is 1. The average molecular weight is 400 g/mol. The molecule has 1 atom stereocenters. The van der Waals surface area contributed by atoms with Crippen LogP contribution in [0.3, 0.4) is 0 Å². The molecule has 1 aliphatic rings. The van der Waals surface area contributed by atoms with Crippen molar-refractivity contribution in [1.82, 2.24) is 15.5 Å². The average Bonchev–Trinajstić information content (AvgIpc) is 3.14. The van der Waals surface area contributed by atoms with Gasteiger partial charge in [-0.25, -0.2) is 0 Å². The first-order chi connectivity index (χ1) is 13.6. The van der Waals surface area contributed by atoms with Crippen LogP contribution >= 0.6 is 11.3 Å². The summed E-state index contributed by atoms with van der Waals surface area (Å²) in [5.74, 6) is 0.194. The first-order valence-electron chi connectivity index (χ1n) is 10.0. The predicted molar refractivity (Wildman–Crippen MR) is 114 cm³/mol. The largest absolute Gasteiger partial charge is 0.356 e. The first kappa shape index (κ1) is 20.6. The van der Waals surface area contributed by atoms with E-state index in [1.807, 2.05) is 42.2 Å². The van der Waals surface area contributed by atoms with Gasteiger partial charge in [-0.05, 0) is 50.4 Å². The summed E-state index contributed by atoms with van der Waals surface area (Å²) in [5, 5.41) is 6.53. The van der Waals surface area contributed by atoms with E-state index in [1.54, 1.807) is 11.3 Å². The third-order valence-electron chi connectivity index (χ3n) is 5.00. The lowest BCUT2D eigenvalue weighted by Gasteiger charge is -2.23. The van der Waals surface area contributed by atoms with Crippen LogP contribution in [0.5, 0.6) is 0 Å². The third-order valence-corrected chi connectivity index (χ3v) is 5.99. The number of hydrogen-bond donors (Lipinski definition) is 2. The van der Waals surface area contributed by atoms with Gasteiger partial charge in [0, 0.05) is 37.0 Å². The highest BCUT2D eigenvalue weighted by atomic mass is 32.1. The van der Waals surface area contributed by atoms with E-state index < -0.39 is 0 Å². The summed E-state index contributed by atoms with van der Waals surface area (Å²) in [7, 11) is 0. The number of thiophene rings is 1. The normalized spacial score (nSPS) is 19.8. The van der Waals surface area contributed by atoms with Crippen molar-refractivity contribution < 1.29 is 9.59 Å². The number of amides is 2. The van der Waals surface area contributed by atoms with Crippen molar-refractivity contribution in [1.29, 1.82) is 0 Å². The van der Waals surface area contributed by atoms with E-state index in [0.29, 0.717) is 13.0 Å². The molecule has 1 aromatic heterocycles. The van der Waals surface area contributed by atoms with E-state index in [0.717, 1.165) is 54.2 Å². The molecular formula is C22H29N3O2S. The van der Waals surface area contributed by atoms with Crippen molar-refractivity contribution in [3.05, 3.63) is 57.8 Å². The molecule has 1 aromatic carbocycles. The molecule has 1 unspecified atom stereocenters. The molecule has 2 aromatic rings. The number of benzene rings is 1. The quantitative estimate of drug-likeness (QED) is 0.812. The molecule has 2 amide bonds. The summed E-state index contributed by atoms with van der Waals surface area (Å²) < 4.78 is 0. The van der Waals surface area contributed by atoms with Crippen molar-refractivity contribution >= 4 is 23.2 Å². The maximum atomic E-state index is 12.9. The highest BCUT2D eigenvalue weighted by Crippen LogP contribution is 2.19. The fourth-order valence-corrected chi connectivity index (χ4v) is 4.31. The Hall–Kier alpha value is -2.18. The van der Waals surface area contributed by atoms with Gasteiger partial charge in [-0.15, -0.1) is 11.3 Å². The molecule has 150 valence electrons. The molecular weight excluding hydrogens is 370 g/mol. The standard InChI is InChI=1S/C22H29N3O2S/c1-17-10-11-20(28-17)22(27)25-14-6-5-12-24-21(26)16-19(23-13-7-15-25)18-8-3-2-4-9-18/h2-4,8-11,19,23H,5-7,12-16H2,1H3,(H,24,26). The van der Waals surface area contributed by atoms with Gasteiger partial charge in [0.15, 0.2) is 0 Å². The summed E-state index contributed by atoms with van der Waals surface area (Å²) >= 11 is 1.56. The number of rotatable bonds is 2. The first-order valence-corrected chi connectivity index (χ1v) is 10.9. The molecule has 2 heterocycles. The van der Waals surface area contributed by atoms with Gasteiger partial charge in [0.25, 0.3) is 5.91 Å². The molecule has 28 heavy (non-hydrogen) atoms.